The summed E-state index contributed by atoms with van der Waals surface area (Å²) < 4.78 is 0. The number of rotatable bonds is 5. The molecule has 0 saturated heterocycles. The highest BCUT2D eigenvalue weighted by molar-refractivity contribution is 5.72. The highest BCUT2D eigenvalue weighted by Crippen LogP contribution is 2.20. The number of carboxylic acid groups (broad SMARTS) is 1. The number of carbonyl (C=O) groups is 1. The highest BCUT2D eigenvalue weighted by Gasteiger charge is 2.16. The summed E-state index contributed by atoms with van der Waals surface area (Å²) in [6.45, 7) is 2.29. The van der Waals surface area contributed by atoms with Gasteiger partial charge in [-0.2, -0.15) is 0 Å². The molecule has 20 heavy (non-hydrogen) atoms. The van der Waals surface area contributed by atoms with E-state index in [9.17, 15) is 4.79 Å². The van der Waals surface area contributed by atoms with E-state index in [1.807, 2.05) is 48.5 Å². The maximum atomic E-state index is 11.0. The molecule has 0 aliphatic heterocycles. The number of nitrogens with zero attached hydrogens (tertiary/aromatic N) is 2. The van der Waals surface area contributed by atoms with E-state index in [-0.39, 0.29) is 0 Å². The third kappa shape index (κ3) is 3.42. The van der Waals surface area contributed by atoms with Crippen LogP contribution in [0.15, 0.2) is 48.8 Å². The average Bonchev–Trinajstić information content (AvgIpc) is 2.47. The Bertz CT molecular complexity index is 584. The molecule has 0 amide bonds. The maximum absolute atomic E-state index is 11.0. The number of likely N-dealkylation sites (N-methyl/N-ethyl adjacent to an activating group) is 1. The summed E-state index contributed by atoms with van der Waals surface area (Å²) >= 11 is 0. The fourth-order valence-electron chi connectivity index (χ4n) is 2.00. The molecule has 1 heterocycles. The van der Waals surface area contributed by atoms with Gasteiger partial charge in [-0.25, -0.2) is 0 Å². The molecular weight excluding hydrogens is 252 g/mol. The van der Waals surface area contributed by atoms with Crippen LogP contribution in [-0.2, 0) is 11.3 Å². The monoisotopic (exact) mass is 270 g/mol. The zero-order chi connectivity index (χ0) is 14.5. The third-order valence-electron chi connectivity index (χ3n) is 3.37. The number of aliphatic carboxylic acids is 1. The molecule has 0 saturated carbocycles. The lowest BCUT2D eigenvalue weighted by Gasteiger charge is -2.21. The van der Waals surface area contributed by atoms with Crippen LogP contribution in [-0.4, -0.2) is 34.0 Å². The summed E-state index contributed by atoms with van der Waals surface area (Å²) in [5.41, 5.74) is 3.23. The molecule has 4 nitrogen and oxygen atoms in total. The van der Waals surface area contributed by atoms with E-state index in [0.29, 0.717) is 6.54 Å². The Morgan fingerprint density at radius 3 is 2.70 bits per heavy atom. The van der Waals surface area contributed by atoms with Gasteiger partial charge in [0.25, 0.3) is 0 Å². The predicted molar refractivity (Wildman–Crippen MR) is 78.2 cm³/mol. The van der Waals surface area contributed by atoms with Crippen molar-refractivity contribution in [3.8, 4) is 11.1 Å². The molecule has 4 heteroatoms. The molecule has 1 aromatic carbocycles. The van der Waals surface area contributed by atoms with Gasteiger partial charge in [0.1, 0.15) is 6.04 Å². The van der Waals surface area contributed by atoms with Crippen LogP contribution in [0.1, 0.15) is 12.5 Å². The molecule has 1 aromatic heterocycles. The zero-order valence-corrected chi connectivity index (χ0v) is 11.7. The lowest BCUT2D eigenvalue weighted by atomic mass is 10.0. The molecule has 2 rings (SSSR count). The molecule has 0 radical (unpaired) electrons. The first-order valence-corrected chi connectivity index (χ1v) is 6.50. The lowest BCUT2D eigenvalue weighted by molar-refractivity contribution is -0.142. The van der Waals surface area contributed by atoms with Crippen molar-refractivity contribution in [2.24, 2.45) is 0 Å². The van der Waals surface area contributed by atoms with Crippen molar-refractivity contribution in [3.63, 3.8) is 0 Å². The Balaban J connectivity index is 2.17. The smallest absolute Gasteiger partial charge is 0.320 e. The van der Waals surface area contributed by atoms with Gasteiger partial charge in [-0.1, -0.05) is 24.3 Å². The summed E-state index contributed by atoms with van der Waals surface area (Å²) in [4.78, 5) is 16.9. The summed E-state index contributed by atoms with van der Waals surface area (Å²) in [5, 5.41) is 9.01. The first kappa shape index (κ1) is 14.2. The van der Waals surface area contributed by atoms with Crippen LogP contribution < -0.4 is 0 Å². The Kier molecular flexibility index (Phi) is 4.48. The minimum absolute atomic E-state index is 0.503. The molecule has 1 N–H and O–H groups in total. The van der Waals surface area contributed by atoms with Crippen molar-refractivity contribution in [2.45, 2.75) is 19.5 Å². The molecule has 2 aromatic rings. The van der Waals surface area contributed by atoms with E-state index >= 15 is 0 Å². The minimum atomic E-state index is -0.809. The number of benzene rings is 1. The first-order chi connectivity index (χ1) is 9.58. The van der Waals surface area contributed by atoms with Crippen molar-refractivity contribution < 1.29 is 9.90 Å². The fraction of sp³-hybridized carbons (Fsp3) is 0.250. The number of carboxylic acids is 1. The summed E-state index contributed by atoms with van der Waals surface area (Å²) in [6, 6.07) is 11.5. The van der Waals surface area contributed by atoms with Gasteiger partial charge in [-0.3, -0.25) is 14.7 Å². The number of hydrogen-bond donors (Lipinski definition) is 1. The van der Waals surface area contributed by atoms with Gasteiger partial charge in [0, 0.05) is 18.9 Å². The van der Waals surface area contributed by atoms with Crippen LogP contribution in [0.4, 0.5) is 0 Å². The molecule has 0 spiro atoms. The molecule has 0 aliphatic carbocycles. The molecule has 0 fully saturated rings. The van der Waals surface area contributed by atoms with E-state index < -0.39 is 12.0 Å². The van der Waals surface area contributed by atoms with Gasteiger partial charge in [-0.15, -0.1) is 0 Å². The molecular formula is C16H18N2O2. The molecule has 104 valence electrons. The van der Waals surface area contributed by atoms with E-state index in [4.69, 9.17) is 5.11 Å². The van der Waals surface area contributed by atoms with E-state index in [0.717, 1.165) is 16.7 Å². The van der Waals surface area contributed by atoms with E-state index in [1.54, 1.807) is 13.1 Å². The van der Waals surface area contributed by atoms with Crippen LogP contribution in [0, 0.1) is 0 Å². The second-order valence-electron chi connectivity index (χ2n) is 4.87. The van der Waals surface area contributed by atoms with Crippen LogP contribution in [0.3, 0.4) is 0 Å². The van der Waals surface area contributed by atoms with Gasteiger partial charge in [-0.05, 0) is 42.8 Å². The standard InChI is InChI=1S/C16H18N2O2/c1-12(16(19)20)18(2)11-13-5-3-6-14(9-13)15-7-4-8-17-10-15/h3-10,12H,11H2,1-2H3,(H,19,20). The Hall–Kier alpha value is -2.20. The first-order valence-electron chi connectivity index (χ1n) is 6.50. The van der Waals surface area contributed by atoms with Gasteiger partial charge in [0.15, 0.2) is 0 Å². The van der Waals surface area contributed by atoms with Gasteiger partial charge >= 0.3 is 5.97 Å². The average molecular weight is 270 g/mol. The quantitative estimate of drug-likeness (QED) is 0.907. The van der Waals surface area contributed by atoms with Crippen molar-refractivity contribution >= 4 is 5.97 Å². The number of aromatic nitrogens is 1. The van der Waals surface area contributed by atoms with Gasteiger partial charge < -0.3 is 5.11 Å². The topological polar surface area (TPSA) is 53.4 Å². The molecule has 1 unspecified atom stereocenters. The van der Waals surface area contributed by atoms with Crippen molar-refractivity contribution in [1.82, 2.24) is 9.88 Å². The van der Waals surface area contributed by atoms with Crippen LogP contribution in [0.25, 0.3) is 11.1 Å². The molecule has 0 bridgehead atoms. The van der Waals surface area contributed by atoms with Gasteiger partial charge in [0.05, 0.1) is 0 Å². The Labute approximate surface area is 118 Å². The SMILES string of the molecule is CC(C(=O)O)N(C)Cc1cccc(-c2cccnc2)c1. The van der Waals surface area contributed by atoms with E-state index in [2.05, 4.69) is 11.1 Å². The summed E-state index contributed by atoms with van der Waals surface area (Å²) in [6.07, 6.45) is 3.57. The lowest BCUT2D eigenvalue weighted by Crippen LogP contribution is -2.35. The third-order valence-corrected chi connectivity index (χ3v) is 3.37. The summed E-state index contributed by atoms with van der Waals surface area (Å²) in [7, 11) is 1.82. The number of pyridine rings is 1. The number of hydrogen-bond acceptors (Lipinski definition) is 3. The molecule has 1 atom stereocenters. The second kappa shape index (κ2) is 6.30. The minimum Gasteiger partial charge on any atom is -0.480 e. The Morgan fingerprint density at radius 2 is 2.05 bits per heavy atom. The predicted octanol–water partition coefficient (Wildman–Crippen LogP) is 2.65. The second-order valence-corrected chi connectivity index (χ2v) is 4.87. The zero-order valence-electron chi connectivity index (χ0n) is 11.7. The maximum Gasteiger partial charge on any atom is 0.320 e. The van der Waals surface area contributed by atoms with Crippen LogP contribution >= 0.6 is 0 Å². The highest BCUT2D eigenvalue weighted by atomic mass is 16.4. The van der Waals surface area contributed by atoms with Crippen molar-refractivity contribution in [3.05, 3.63) is 54.4 Å². The van der Waals surface area contributed by atoms with Crippen LogP contribution in [0.5, 0.6) is 0 Å². The molecule has 0 aliphatic rings. The van der Waals surface area contributed by atoms with Crippen molar-refractivity contribution in [1.29, 1.82) is 0 Å². The fourth-order valence-corrected chi connectivity index (χ4v) is 2.00. The largest absolute Gasteiger partial charge is 0.480 e. The van der Waals surface area contributed by atoms with Gasteiger partial charge in [0.2, 0.25) is 0 Å². The van der Waals surface area contributed by atoms with Crippen LogP contribution in [0.2, 0.25) is 0 Å². The Morgan fingerprint density at radius 1 is 1.30 bits per heavy atom. The van der Waals surface area contributed by atoms with E-state index in [1.165, 1.54) is 0 Å². The normalized spacial score (nSPS) is 12.3. The van der Waals surface area contributed by atoms with Crippen molar-refractivity contribution in [2.75, 3.05) is 7.05 Å². The summed E-state index contributed by atoms with van der Waals surface area (Å²) in [5.74, 6) is -0.809.